The maximum Gasteiger partial charge on any atom is 0.326 e. The number of H-pyrrole nitrogens is 3. The van der Waals surface area contributed by atoms with E-state index in [-0.39, 0.29) is 68.9 Å². The molecule has 30 heteroatoms. The van der Waals surface area contributed by atoms with Crippen molar-refractivity contribution < 1.29 is 58.2 Å². The van der Waals surface area contributed by atoms with Crippen molar-refractivity contribution in [2.24, 2.45) is 17.2 Å². The molecular weight excluding hydrogens is 1190 g/mol. The molecule has 0 bridgehead atoms. The van der Waals surface area contributed by atoms with Crippen LogP contribution < -0.4 is 65.1 Å². The molecule has 9 amide bonds. The number of aromatic nitrogens is 4. The second kappa shape index (κ2) is 35.1. The summed E-state index contributed by atoms with van der Waals surface area (Å²) in [4.78, 5) is 150. The van der Waals surface area contributed by atoms with Gasteiger partial charge in [0.1, 0.15) is 48.0 Å². The van der Waals surface area contributed by atoms with Gasteiger partial charge in [-0.2, -0.15) is 25.3 Å². The van der Waals surface area contributed by atoms with Crippen LogP contribution in [0.25, 0.3) is 21.8 Å². The van der Waals surface area contributed by atoms with Crippen LogP contribution in [0.15, 0.2) is 97.7 Å². The van der Waals surface area contributed by atoms with Gasteiger partial charge in [-0.3, -0.25) is 43.2 Å². The van der Waals surface area contributed by atoms with Crippen LogP contribution in [-0.2, 0) is 73.6 Å². The van der Waals surface area contributed by atoms with Crippen molar-refractivity contribution in [3.8, 4) is 5.75 Å². The van der Waals surface area contributed by atoms with E-state index in [1.54, 1.807) is 36.7 Å². The number of aromatic amines is 3. The molecule has 0 aliphatic rings. The number of thiol groups is 2. The summed E-state index contributed by atoms with van der Waals surface area (Å²) >= 11 is 8.34. The molecule has 3 aromatic carbocycles. The number of phenols is 1. The zero-order chi connectivity index (χ0) is 64.4. The molecular formula is C59H78N16O12S2. The highest BCUT2D eigenvalue weighted by atomic mass is 32.1. The topological polar surface area (TPSA) is 458 Å². The monoisotopic (exact) mass is 1270 g/mol. The normalized spacial score (nSPS) is 13.9. The molecule has 0 aliphatic carbocycles. The van der Waals surface area contributed by atoms with Gasteiger partial charge in [0.15, 0.2) is 0 Å². The first-order chi connectivity index (χ1) is 42.8. The van der Waals surface area contributed by atoms with Gasteiger partial charge in [-0.1, -0.05) is 48.5 Å². The number of phenolic OH excluding ortho intramolecular Hbond substituents is 1. The number of rotatable bonds is 37. The minimum Gasteiger partial charge on any atom is -0.508 e. The Morgan fingerprint density at radius 3 is 1.40 bits per heavy atom. The molecule has 8 atom stereocenters. The molecule has 6 rings (SSSR count). The van der Waals surface area contributed by atoms with Crippen LogP contribution in [0.2, 0.25) is 0 Å². The van der Waals surface area contributed by atoms with Crippen molar-refractivity contribution in [3.63, 3.8) is 0 Å². The number of aliphatic carboxylic acids is 1. The fraction of sp³-hybridized carbons (Fsp3) is 0.407. The number of carbonyl (C=O) groups excluding carboxylic acids is 9. The van der Waals surface area contributed by atoms with Gasteiger partial charge in [-0.15, -0.1) is 0 Å². The number of carboxylic acids is 1. The third-order valence-electron chi connectivity index (χ3n) is 14.4. The summed E-state index contributed by atoms with van der Waals surface area (Å²) in [5, 5.41) is 44.7. The Morgan fingerprint density at radius 2 is 0.944 bits per heavy atom. The summed E-state index contributed by atoms with van der Waals surface area (Å²) in [5.74, 6) is -8.90. The molecule has 0 saturated heterocycles. The zero-order valence-corrected chi connectivity index (χ0v) is 50.5. The average Bonchev–Trinajstić information content (AvgIpc) is 4.04. The van der Waals surface area contributed by atoms with Gasteiger partial charge in [-0.25, -0.2) is 9.78 Å². The third kappa shape index (κ3) is 21.4. The molecule has 3 aromatic heterocycles. The fourth-order valence-electron chi connectivity index (χ4n) is 9.59. The summed E-state index contributed by atoms with van der Waals surface area (Å²) in [7, 11) is 0. The molecule has 0 aliphatic heterocycles. The van der Waals surface area contributed by atoms with Crippen LogP contribution in [-0.4, -0.2) is 175 Å². The fourth-order valence-corrected chi connectivity index (χ4v) is 10.0. The lowest BCUT2D eigenvalue weighted by Gasteiger charge is -2.26. The Labute approximate surface area is 523 Å². The van der Waals surface area contributed by atoms with E-state index in [9.17, 15) is 58.2 Å². The van der Waals surface area contributed by atoms with E-state index in [2.05, 4.69) is 93.0 Å². The van der Waals surface area contributed by atoms with E-state index < -0.39 is 121 Å². The van der Waals surface area contributed by atoms with Crippen molar-refractivity contribution >= 4 is 106 Å². The number of aromatic hydroxyl groups is 1. The van der Waals surface area contributed by atoms with Gasteiger partial charge < -0.3 is 90.2 Å². The van der Waals surface area contributed by atoms with Crippen LogP contribution in [0.5, 0.6) is 5.75 Å². The molecule has 3 heterocycles. The number of hydrogen-bond acceptors (Lipinski definition) is 17. The minimum atomic E-state index is -1.44. The smallest absolute Gasteiger partial charge is 0.326 e. The predicted octanol–water partition coefficient (Wildman–Crippen LogP) is -1.50. The van der Waals surface area contributed by atoms with Crippen LogP contribution in [0, 0.1) is 0 Å². The maximum absolute atomic E-state index is 14.4. The maximum atomic E-state index is 14.4. The Hall–Kier alpha value is -8.97. The van der Waals surface area contributed by atoms with Gasteiger partial charge in [0.25, 0.3) is 0 Å². The minimum absolute atomic E-state index is 0.0147. The van der Waals surface area contributed by atoms with Crippen molar-refractivity contribution in [2.75, 3.05) is 37.7 Å². The van der Waals surface area contributed by atoms with Gasteiger partial charge in [0.2, 0.25) is 53.2 Å². The van der Waals surface area contributed by atoms with Gasteiger partial charge in [0, 0.05) is 77.6 Å². The van der Waals surface area contributed by atoms with E-state index in [4.69, 9.17) is 17.2 Å². The van der Waals surface area contributed by atoms with Gasteiger partial charge in [0.05, 0.1) is 31.2 Å². The first kappa shape index (κ1) is 69.1. The third-order valence-corrected chi connectivity index (χ3v) is 15.2. The average molecular weight is 1270 g/mol. The second-order valence-electron chi connectivity index (χ2n) is 21.1. The molecule has 89 heavy (non-hydrogen) atoms. The van der Waals surface area contributed by atoms with Gasteiger partial charge in [-0.05, 0) is 92.6 Å². The quantitative estimate of drug-likeness (QED) is 0.0156. The van der Waals surface area contributed by atoms with Crippen LogP contribution in [0.3, 0.4) is 0 Å². The lowest BCUT2D eigenvalue weighted by molar-refractivity contribution is -0.142. The number of carbonyl (C=O) groups is 10. The zero-order valence-electron chi connectivity index (χ0n) is 48.7. The van der Waals surface area contributed by atoms with Crippen LogP contribution >= 0.6 is 25.3 Å². The summed E-state index contributed by atoms with van der Waals surface area (Å²) in [5.41, 5.74) is 20.9. The highest BCUT2D eigenvalue weighted by Crippen LogP contribution is 2.22. The standard InChI is InChI=1S/C59H78N16O12S2/c60-19-7-5-13-43(71-56(83)45(69-50(77)28-66-52(79)40(62)30-88)22-34-25-64-41-11-3-1-9-38(34)41)54(81)73-47(24-36-27-63-32-68-36)58(85)75-49(31-89)53(80)67-29-51(78)70-46(23-35-26-65-42-12-4-2-10-39(35)42)57(84)72-44(14-6-8-20-61)55(82)74-48(59(86)87)21-33-15-17-37(76)18-16-33/h1-4,9-12,15-18,25-27,32,40,43-49,64-65,76,88-89H,5-8,13-14,19-24,28-31,60-62H2,(H,63,68)(H,66,79)(H,67,80)(H,69,77)(H,70,78)(H,71,83)(H,72,84)(H,73,81)(H,74,82)(H,75,85)(H,86,87)/t40-,43-,44-,45-,46-,47-,48-,49-/m0/s1. The van der Waals surface area contributed by atoms with Crippen LogP contribution in [0.1, 0.15) is 60.9 Å². The van der Waals surface area contributed by atoms with Crippen molar-refractivity contribution in [2.45, 2.75) is 113 Å². The molecule has 6 aromatic rings. The number of fused-ring (bicyclic) bond motifs is 2. The Bertz CT molecular complexity index is 3360. The largest absolute Gasteiger partial charge is 0.508 e. The Balaban J connectivity index is 1.15. The van der Waals surface area contributed by atoms with Crippen molar-refractivity contribution in [1.29, 1.82) is 0 Å². The number of nitrogens with zero attached hydrogens (tertiary/aromatic N) is 1. The SMILES string of the molecule is NCCCC[C@H](NC(=O)[C@H](Cc1c[nH]c2ccccc12)NC(=O)CNC(=O)[C@H](CS)NC(=O)[C@H](Cc1c[nH]cn1)NC(=O)[C@H](CCCCN)NC(=O)[C@H](Cc1c[nH]c2ccccc12)NC(=O)CNC(=O)[C@@H](N)CS)C(=O)N[C@@H](Cc1ccc(O)cc1)C(=O)O. The van der Waals surface area contributed by atoms with E-state index in [1.807, 2.05) is 24.3 Å². The number of amides is 9. The van der Waals surface area contributed by atoms with E-state index in [1.165, 1.54) is 36.8 Å². The van der Waals surface area contributed by atoms with Gasteiger partial charge >= 0.3 is 5.97 Å². The molecule has 0 fully saturated rings. The Morgan fingerprint density at radius 1 is 0.494 bits per heavy atom. The van der Waals surface area contributed by atoms with E-state index in [0.29, 0.717) is 48.1 Å². The number of nitrogens with two attached hydrogens (primary N) is 3. The highest BCUT2D eigenvalue weighted by Gasteiger charge is 2.34. The molecule has 478 valence electrons. The molecule has 28 nitrogen and oxygen atoms in total. The first-order valence-corrected chi connectivity index (χ1v) is 30.2. The number of benzene rings is 3. The van der Waals surface area contributed by atoms with Crippen molar-refractivity contribution in [1.82, 2.24) is 67.8 Å². The Kier molecular flexibility index (Phi) is 27.3. The number of carboxylic acid groups (broad SMARTS) is 1. The number of imidazole rings is 1. The molecule has 20 N–H and O–H groups in total. The van der Waals surface area contributed by atoms with Crippen molar-refractivity contribution in [3.05, 3.63) is 120 Å². The number of para-hydroxylation sites is 2. The molecule has 0 spiro atoms. The lowest BCUT2D eigenvalue weighted by atomic mass is 10.0. The summed E-state index contributed by atoms with van der Waals surface area (Å²) in [6, 6.07) is 9.73. The van der Waals surface area contributed by atoms with E-state index in [0.717, 1.165) is 21.8 Å². The first-order valence-electron chi connectivity index (χ1n) is 28.9. The molecule has 0 radical (unpaired) electrons. The summed E-state index contributed by atoms with van der Waals surface area (Å²) < 4.78 is 0. The molecule has 0 saturated carbocycles. The summed E-state index contributed by atoms with van der Waals surface area (Å²) in [6.45, 7) is -0.738. The van der Waals surface area contributed by atoms with E-state index >= 15 is 0 Å². The number of nitrogens with one attached hydrogen (secondary N) is 12. The highest BCUT2D eigenvalue weighted by molar-refractivity contribution is 7.80. The number of unbranched alkanes of at least 4 members (excludes halogenated alkanes) is 2. The lowest BCUT2D eigenvalue weighted by Crippen LogP contribution is -2.60. The van der Waals surface area contributed by atoms with Crippen LogP contribution in [0.4, 0.5) is 0 Å². The second-order valence-corrected chi connectivity index (χ2v) is 21.9. The molecule has 0 unspecified atom stereocenters. The summed E-state index contributed by atoms with van der Waals surface area (Å²) in [6.07, 6.45) is 7.35. The number of hydrogen-bond donors (Lipinski definition) is 19. The predicted molar refractivity (Wildman–Crippen MR) is 337 cm³/mol.